The monoisotopic (exact) mass is 262 g/mol. The third kappa shape index (κ3) is 2.89. The molecule has 0 saturated heterocycles. The highest BCUT2D eigenvalue weighted by Gasteiger charge is 2.10. The standard InChI is InChI=1S/C13H22N6/c1-4-19-13(12(14)10(3)18-19)15-7-5-6-11-8-16-17-9(11)2/h8,15H,4-7,14H2,1-3H3,(H,16,17). The molecule has 2 aromatic rings. The van der Waals surface area contributed by atoms with Gasteiger partial charge in [-0.1, -0.05) is 0 Å². The Morgan fingerprint density at radius 3 is 2.84 bits per heavy atom. The minimum absolute atomic E-state index is 0.751. The van der Waals surface area contributed by atoms with E-state index in [-0.39, 0.29) is 0 Å². The SMILES string of the molecule is CCn1nc(C)c(N)c1NCCCc1cn[nH]c1C. The number of nitrogen functional groups attached to an aromatic ring is 1. The van der Waals surface area contributed by atoms with Crippen molar-refractivity contribution in [2.45, 2.75) is 40.2 Å². The molecular formula is C13H22N6. The van der Waals surface area contributed by atoms with Gasteiger partial charge in [0.1, 0.15) is 5.82 Å². The zero-order valence-electron chi connectivity index (χ0n) is 11.8. The quantitative estimate of drug-likeness (QED) is 0.694. The maximum absolute atomic E-state index is 6.02. The fourth-order valence-electron chi connectivity index (χ4n) is 2.12. The number of rotatable bonds is 6. The molecule has 2 aromatic heterocycles. The number of aromatic amines is 1. The molecule has 2 rings (SSSR count). The van der Waals surface area contributed by atoms with Crippen LogP contribution in [0.3, 0.4) is 0 Å². The van der Waals surface area contributed by atoms with Crippen molar-refractivity contribution in [1.29, 1.82) is 0 Å². The summed E-state index contributed by atoms with van der Waals surface area (Å²) >= 11 is 0. The van der Waals surface area contributed by atoms with Crippen LogP contribution in [0.1, 0.15) is 30.3 Å². The van der Waals surface area contributed by atoms with Crippen LogP contribution in [0.4, 0.5) is 11.5 Å². The van der Waals surface area contributed by atoms with Crippen LogP contribution in [0.5, 0.6) is 0 Å². The van der Waals surface area contributed by atoms with Crippen LogP contribution in [-0.2, 0) is 13.0 Å². The number of nitrogens with two attached hydrogens (primary N) is 1. The van der Waals surface area contributed by atoms with Crippen molar-refractivity contribution in [3.05, 3.63) is 23.1 Å². The fourth-order valence-corrected chi connectivity index (χ4v) is 2.12. The number of nitrogens with zero attached hydrogens (tertiary/aromatic N) is 3. The summed E-state index contributed by atoms with van der Waals surface area (Å²) in [4.78, 5) is 0. The van der Waals surface area contributed by atoms with Gasteiger partial charge in [0.2, 0.25) is 0 Å². The van der Waals surface area contributed by atoms with E-state index in [9.17, 15) is 0 Å². The molecule has 0 unspecified atom stereocenters. The summed E-state index contributed by atoms with van der Waals surface area (Å²) in [6, 6.07) is 0. The van der Waals surface area contributed by atoms with Gasteiger partial charge in [-0.2, -0.15) is 10.2 Å². The fraction of sp³-hybridized carbons (Fsp3) is 0.538. The molecule has 6 nitrogen and oxygen atoms in total. The number of hydrogen-bond donors (Lipinski definition) is 3. The van der Waals surface area contributed by atoms with Gasteiger partial charge < -0.3 is 11.1 Å². The van der Waals surface area contributed by atoms with E-state index in [4.69, 9.17) is 5.73 Å². The van der Waals surface area contributed by atoms with Crippen molar-refractivity contribution in [2.24, 2.45) is 0 Å². The van der Waals surface area contributed by atoms with Crippen LogP contribution in [0.15, 0.2) is 6.20 Å². The lowest BCUT2D eigenvalue weighted by atomic mass is 10.1. The normalized spacial score (nSPS) is 10.9. The van der Waals surface area contributed by atoms with Crippen molar-refractivity contribution in [3.8, 4) is 0 Å². The van der Waals surface area contributed by atoms with Gasteiger partial charge in [-0.05, 0) is 39.2 Å². The average Bonchev–Trinajstić information content (AvgIpc) is 2.92. The van der Waals surface area contributed by atoms with Crippen LogP contribution in [0.2, 0.25) is 0 Å². The highest BCUT2D eigenvalue weighted by molar-refractivity contribution is 5.64. The number of H-pyrrole nitrogens is 1. The average molecular weight is 262 g/mol. The Morgan fingerprint density at radius 2 is 2.21 bits per heavy atom. The third-order valence-electron chi connectivity index (χ3n) is 3.32. The van der Waals surface area contributed by atoms with Crippen LogP contribution in [0, 0.1) is 13.8 Å². The molecule has 0 spiro atoms. The Kier molecular flexibility index (Phi) is 4.09. The predicted octanol–water partition coefficient (Wildman–Crippen LogP) is 1.87. The maximum atomic E-state index is 6.02. The summed E-state index contributed by atoms with van der Waals surface area (Å²) in [6.45, 7) is 7.73. The molecule has 0 fully saturated rings. The molecule has 2 heterocycles. The molecular weight excluding hydrogens is 240 g/mol. The van der Waals surface area contributed by atoms with Gasteiger partial charge in [0.15, 0.2) is 0 Å². The Labute approximate surface area is 113 Å². The van der Waals surface area contributed by atoms with E-state index in [0.717, 1.165) is 48.8 Å². The molecule has 19 heavy (non-hydrogen) atoms. The molecule has 6 heteroatoms. The van der Waals surface area contributed by atoms with Gasteiger partial charge in [-0.3, -0.25) is 5.10 Å². The van der Waals surface area contributed by atoms with Gasteiger partial charge in [0.05, 0.1) is 17.6 Å². The van der Waals surface area contributed by atoms with Crippen LogP contribution >= 0.6 is 0 Å². The second-order valence-corrected chi connectivity index (χ2v) is 4.71. The van der Waals surface area contributed by atoms with Crippen LogP contribution in [0.25, 0.3) is 0 Å². The Hall–Kier alpha value is -1.98. The zero-order valence-corrected chi connectivity index (χ0v) is 11.8. The highest BCUT2D eigenvalue weighted by atomic mass is 15.3. The second kappa shape index (κ2) is 5.77. The molecule has 0 radical (unpaired) electrons. The first-order valence-corrected chi connectivity index (χ1v) is 6.69. The summed E-state index contributed by atoms with van der Waals surface area (Å²) in [5.41, 5.74) is 10.1. The first-order chi connectivity index (χ1) is 9.13. The van der Waals surface area contributed by atoms with Gasteiger partial charge in [-0.15, -0.1) is 0 Å². The molecule has 104 valence electrons. The Bertz CT molecular complexity index is 539. The van der Waals surface area contributed by atoms with Gasteiger partial charge in [0, 0.05) is 18.8 Å². The number of aryl methyl sites for hydroxylation is 4. The van der Waals surface area contributed by atoms with E-state index < -0.39 is 0 Å². The Balaban J connectivity index is 1.88. The van der Waals surface area contributed by atoms with Gasteiger partial charge >= 0.3 is 0 Å². The molecule has 0 aliphatic carbocycles. The van der Waals surface area contributed by atoms with E-state index in [0.29, 0.717) is 0 Å². The first kappa shape index (κ1) is 13.5. The topological polar surface area (TPSA) is 84.6 Å². The molecule has 0 amide bonds. The molecule has 0 bridgehead atoms. The lowest BCUT2D eigenvalue weighted by molar-refractivity contribution is 0.656. The molecule has 0 aliphatic heterocycles. The van der Waals surface area contributed by atoms with Crippen LogP contribution < -0.4 is 11.1 Å². The molecule has 0 aromatic carbocycles. The van der Waals surface area contributed by atoms with Crippen molar-refractivity contribution in [1.82, 2.24) is 20.0 Å². The van der Waals surface area contributed by atoms with Crippen molar-refractivity contribution in [3.63, 3.8) is 0 Å². The molecule has 0 atom stereocenters. The number of anilines is 2. The summed E-state index contributed by atoms with van der Waals surface area (Å²) in [5.74, 6) is 0.934. The lowest BCUT2D eigenvalue weighted by Gasteiger charge is -2.09. The lowest BCUT2D eigenvalue weighted by Crippen LogP contribution is -2.10. The number of hydrogen-bond acceptors (Lipinski definition) is 4. The van der Waals surface area contributed by atoms with Crippen molar-refractivity contribution in [2.75, 3.05) is 17.6 Å². The smallest absolute Gasteiger partial charge is 0.148 e. The Morgan fingerprint density at radius 1 is 1.42 bits per heavy atom. The maximum Gasteiger partial charge on any atom is 0.148 e. The van der Waals surface area contributed by atoms with Crippen molar-refractivity contribution < 1.29 is 0 Å². The molecule has 4 N–H and O–H groups in total. The summed E-state index contributed by atoms with van der Waals surface area (Å²) in [5, 5.41) is 14.7. The van der Waals surface area contributed by atoms with E-state index in [1.165, 1.54) is 5.56 Å². The molecule has 0 saturated carbocycles. The minimum Gasteiger partial charge on any atom is -0.394 e. The van der Waals surface area contributed by atoms with E-state index >= 15 is 0 Å². The summed E-state index contributed by atoms with van der Waals surface area (Å²) < 4.78 is 1.91. The van der Waals surface area contributed by atoms with E-state index in [1.54, 1.807) is 0 Å². The number of aromatic nitrogens is 4. The van der Waals surface area contributed by atoms with E-state index in [1.807, 2.05) is 24.7 Å². The second-order valence-electron chi connectivity index (χ2n) is 4.71. The van der Waals surface area contributed by atoms with Crippen molar-refractivity contribution >= 4 is 11.5 Å². The summed E-state index contributed by atoms with van der Waals surface area (Å²) in [7, 11) is 0. The van der Waals surface area contributed by atoms with Crippen LogP contribution in [-0.4, -0.2) is 26.5 Å². The zero-order chi connectivity index (χ0) is 13.8. The largest absolute Gasteiger partial charge is 0.394 e. The van der Waals surface area contributed by atoms with Gasteiger partial charge in [0.25, 0.3) is 0 Å². The third-order valence-corrected chi connectivity index (χ3v) is 3.32. The predicted molar refractivity (Wildman–Crippen MR) is 77.2 cm³/mol. The first-order valence-electron chi connectivity index (χ1n) is 6.69. The highest BCUT2D eigenvalue weighted by Crippen LogP contribution is 2.22. The van der Waals surface area contributed by atoms with Gasteiger partial charge in [-0.25, -0.2) is 4.68 Å². The number of nitrogens with one attached hydrogen (secondary N) is 2. The minimum atomic E-state index is 0.751. The molecule has 0 aliphatic rings. The van der Waals surface area contributed by atoms with E-state index in [2.05, 4.69) is 27.5 Å². The summed E-state index contributed by atoms with van der Waals surface area (Å²) in [6.07, 6.45) is 3.94.